The molecule has 0 aliphatic carbocycles. The van der Waals surface area contributed by atoms with E-state index in [1.807, 2.05) is 0 Å². The number of benzene rings is 2. The van der Waals surface area contributed by atoms with E-state index in [0.29, 0.717) is 11.5 Å². The van der Waals surface area contributed by atoms with E-state index in [9.17, 15) is 22.8 Å². The fourth-order valence-corrected chi connectivity index (χ4v) is 2.44. The van der Waals surface area contributed by atoms with E-state index in [4.69, 9.17) is 9.47 Å². The van der Waals surface area contributed by atoms with Gasteiger partial charge in [-0.15, -0.1) is 0 Å². The van der Waals surface area contributed by atoms with E-state index in [1.165, 1.54) is 45.4 Å². The Morgan fingerprint density at radius 2 is 1.73 bits per heavy atom. The summed E-state index contributed by atoms with van der Waals surface area (Å²) in [6.07, 6.45) is -4.73. The minimum atomic E-state index is -4.51. The van der Waals surface area contributed by atoms with Gasteiger partial charge in [0.25, 0.3) is 5.91 Å². The number of ether oxygens (including phenoxy) is 2. The van der Waals surface area contributed by atoms with Crippen molar-refractivity contribution in [3.05, 3.63) is 53.6 Å². The molecule has 0 aromatic heterocycles. The molecule has 0 radical (unpaired) electrons. The molecule has 0 aliphatic rings. The topological polar surface area (TPSA) is 89.0 Å². The highest BCUT2D eigenvalue weighted by atomic mass is 19.4. The van der Waals surface area contributed by atoms with Crippen molar-refractivity contribution in [3.8, 4) is 11.5 Å². The molecule has 0 heterocycles. The van der Waals surface area contributed by atoms with Gasteiger partial charge in [-0.1, -0.05) is 6.07 Å². The van der Waals surface area contributed by atoms with Crippen molar-refractivity contribution < 1.29 is 32.2 Å². The number of hydrogen-bond acceptors (Lipinski definition) is 5. The fourth-order valence-electron chi connectivity index (χ4n) is 2.44. The summed E-state index contributed by atoms with van der Waals surface area (Å²) < 4.78 is 48.4. The van der Waals surface area contributed by atoms with Gasteiger partial charge in [0.1, 0.15) is 0 Å². The minimum Gasteiger partial charge on any atom is -0.493 e. The number of carbonyl (C=O) groups excluding carboxylic acids is 2. The molecule has 0 unspecified atom stereocenters. The molecule has 0 saturated heterocycles. The normalized spacial score (nSPS) is 11.6. The Bertz CT molecular complexity index is 959. The zero-order valence-corrected chi connectivity index (χ0v) is 16.5. The van der Waals surface area contributed by atoms with Crippen LogP contribution < -0.4 is 20.2 Å². The first-order valence-corrected chi connectivity index (χ1v) is 8.66. The maximum Gasteiger partial charge on any atom is 0.416 e. The summed E-state index contributed by atoms with van der Waals surface area (Å²) in [7, 11) is 2.90. The molecule has 2 rings (SSSR count). The van der Waals surface area contributed by atoms with Gasteiger partial charge in [0.05, 0.1) is 26.2 Å². The highest BCUT2D eigenvalue weighted by Gasteiger charge is 2.30. The van der Waals surface area contributed by atoms with Crippen LogP contribution in [0.1, 0.15) is 29.3 Å². The molecule has 30 heavy (non-hydrogen) atoms. The summed E-state index contributed by atoms with van der Waals surface area (Å²) >= 11 is 0. The smallest absolute Gasteiger partial charge is 0.416 e. The van der Waals surface area contributed by atoms with Crippen LogP contribution in [-0.2, 0) is 11.0 Å². The minimum absolute atomic E-state index is 0.0111. The first kappa shape index (κ1) is 22.7. The van der Waals surface area contributed by atoms with Gasteiger partial charge in [-0.25, -0.2) is 5.43 Å². The second-order valence-electron chi connectivity index (χ2n) is 6.16. The lowest BCUT2D eigenvalue weighted by Gasteiger charge is -2.10. The maximum absolute atomic E-state index is 12.7. The lowest BCUT2D eigenvalue weighted by molar-refractivity contribution is -0.137. The number of nitrogens with one attached hydrogen (secondary N) is 2. The van der Waals surface area contributed by atoms with Crippen molar-refractivity contribution in [1.82, 2.24) is 5.43 Å². The first-order chi connectivity index (χ1) is 14.1. The van der Waals surface area contributed by atoms with Crippen molar-refractivity contribution in [2.24, 2.45) is 5.10 Å². The van der Waals surface area contributed by atoms with Gasteiger partial charge in [0, 0.05) is 17.0 Å². The fraction of sp³-hybridized carbons (Fsp3) is 0.250. The van der Waals surface area contributed by atoms with Crippen LogP contribution in [0.15, 0.2) is 47.6 Å². The van der Waals surface area contributed by atoms with Gasteiger partial charge in [0.2, 0.25) is 5.91 Å². The Labute approximate surface area is 170 Å². The molecule has 2 N–H and O–H groups in total. The number of anilines is 1. The van der Waals surface area contributed by atoms with Crippen LogP contribution in [0, 0.1) is 0 Å². The zero-order chi connectivity index (χ0) is 22.3. The lowest BCUT2D eigenvalue weighted by Crippen LogP contribution is -2.21. The van der Waals surface area contributed by atoms with Gasteiger partial charge in [-0.2, -0.15) is 18.3 Å². The van der Waals surface area contributed by atoms with E-state index in [-0.39, 0.29) is 23.4 Å². The quantitative estimate of drug-likeness (QED) is 0.523. The third-order valence-electron chi connectivity index (χ3n) is 3.88. The van der Waals surface area contributed by atoms with Gasteiger partial charge < -0.3 is 14.8 Å². The number of hydrazone groups is 1. The van der Waals surface area contributed by atoms with Crippen molar-refractivity contribution in [2.45, 2.75) is 19.5 Å². The first-order valence-electron chi connectivity index (χ1n) is 8.66. The number of rotatable bonds is 7. The van der Waals surface area contributed by atoms with Crippen LogP contribution >= 0.6 is 0 Å². The average Bonchev–Trinajstić information content (AvgIpc) is 2.70. The summed E-state index contributed by atoms with van der Waals surface area (Å²) in [5, 5.41) is 6.21. The molecule has 0 atom stereocenters. The SMILES string of the molecule is COc1ccc(C(=O)NN=C(C)CC(=O)Nc2cccc(C(F)(F)F)c2)cc1OC. The van der Waals surface area contributed by atoms with Crippen molar-refractivity contribution in [2.75, 3.05) is 19.5 Å². The lowest BCUT2D eigenvalue weighted by atomic mass is 10.2. The van der Waals surface area contributed by atoms with Crippen molar-refractivity contribution in [1.29, 1.82) is 0 Å². The monoisotopic (exact) mass is 423 g/mol. The largest absolute Gasteiger partial charge is 0.493 e. The van der Waals surface area contributed by atoms with Crippen molar-refractivity contribution in [3.63, 3.8) is 0 Å². The highest BCUT2D eigenvalue weighted by molar-refractivity contribution is 6.06. The summed E-state index contributed by atoms with van der Waals surface area (Å²) in [5.41, 5.74) is 1.97. The zero-order valence-electron chi connectivity index (χ0n) is 16.5. The number of halogens is 3. The number of hydrogen-bond donors (Lipinski definition) is 2. The van der Waals surface area contributed by atoms with Gasteiger partial charge in [-0.05, 0) is 43.3 Å². The Hall–Kier alpha value is -3.56. The molecule has 160 valence electrons. The highest BCUT2D eigenvalue weighted by Crippen LogP contribution is 2.30. The number of nitrogens with zero attached hydrogens (tertiary/aromatic N) is 1. The standard InChI is InChI=1S/C20H20F3N3O4/c1-12(9-18(27)24-15-6-4-5-14(11-15)20(21,22)23)25-26-19(28)13-7-8-16(29-2)17(10-13)30-3/h4-8,10-11H,9H2,1-3H3,(H,24,27)(H,26,28). The maximum atomic E-state index is 12.7. The van der Waals surface area contributed by atoms with Crippen LogP contribution in [-0.4, -0.2) is 31.7 Å². The molecule has 7 nitrogen and oxygen atoms in total. The molecular formula is C20H20F3N3O4. The Morgan fingerprint density at radius 3 is 2.37 bits per heavy atom. The predicted octanol–water partition coefficient (Wildman–Crippen LogP) is 3.86. The van der Waals surface area contributed by atoms with E-state index < -0.39 is 23.6 Å². The summed E-state index contributed by atoms with van der Waals surface area (Å²) in [6, 6.07) is 8.84. The molecule has 10 heteroatoms. The second-order valence-corrected chi connectivity index (χ2v) is 6.16. The van der Waals surface area contributed by atoms with Gasteiger partial charge in [-0.3, -0.25) is 9.59 Å². The van der Waals surface area contributed by atoms with Crippen LogP contribution in [0.25, 0.3) is 0 Å². The van der Waals surface area contributed by atoms with E-state index in [2.05, 4.69) is 15.8 Å². The molecule has 0 saturated carbocycles. The summed E-state index contributed by atoms with van der Waals surface area (Å²) in [4.78, 5) is 24.2. The van der Waals surface area contributed by atoms with Crippen LogP contribution in [0.2, 0.25) is 0 Å². The molecule has 2 aromatic rings. The third-order valence-corrected chi connectivity index (χ3v) is 3.88. The predicted molar refractivity (Wildman–Crippen MR) is 105 cm³/mol. The summed E-state index contributed by atoms with van der Waals surface area (Å²) in [6.45, 7) is 1.50. The average molecular weight is 423 g/mol. The van der Waals surface area contributed by atoms with Crippen LogP contribution in [0.4, 0.5) is 18.9 Å². The molecule has 0 fully saturated rings. The number of alkyl halides is 3. The van der Waals surface area contributed by atoms with Gasteiger partial charge in [0.15, 0.2) is 11.5 Å². The van der Waals surface area contributed by atoms with E-state index >= 15 is 0 Å². The Morgan fingerprint density at radius 1 is 1.03 bits per heavy atom. The Balaban J connectivity index is 1.96. The van der Waals surface area contributed by atoms with Crippen LogP contribution in [0.3, 0.4) is 0 Å². The summed E-state index contributed by atoms with van der Waals surface area (Å²) in [5.74, 6) is -0.282. The Kier molecular flexibility index (Phi) is 7.40. The van der Waals surface area contributed by atoms with E-state index in [1.54, 1.807) is 6.07 Å². The second kappa shape index (κ2) is 9.77. The van der Waals surface area contributed by atoms with Crippen LogP contribution in [0.5, 0.6) is 11.5 Å². The van der Waals surface area contributed by atoms with E-state index in [0.717, 1.165) is 12.1 Å². The molecule has 0 spiro atoms. The molecule has 0 aliphatic heterocycles. The van der Waals surface area contributed by atoms with Gasteiger partial charge >= 0.3 is 6.18 Å². The number of amides is 2. The molecule has 2 aromatic carbocycles. The molecular weight excluding hydrogens is 403 g/mol. The third kappa shape index (κ3) is 6.23. The molecule has 0 bridgehead atoms. The van der Waals surface area contributed by atoms with Crippen molar-refractivity contribution >= 4 is 23.2 Å². The molecule has 2 amide bonds. The number of methoxy groups -OCH3 is 2. The number of carbonyl (C=O) groups is 2.